The van der Waals surface area contributed by atoms with Gasteiger partial charge in [-0.25, -0.2) is 0 Å². The van der Waals surface area contributed by atoms with Gasteiger partial charge in [-0.15, -0.1) is 12.4 Å². The van der Waals surface area contributed by atoms with Crippen molar-refractivity contribution in [3.8, 4) is 11.1 Å². The number of carbonyl (C=O) groups excluding carboxylic acids is 1. The molecule has 0 saturated heterocycles. The van der Waals surface area contributed by atoms with Crippen LogP contribution < -0.4 is 5.73 Å². The van der Waals surface area contributed by atoms with E-state index in [1.807, 2.05) is 24.3 Å². The van der Waals surface area contributed by atoms with Crippen LogP contribution in [0.15, 0.2) is 41.1 Å². The monoisotopic (exact) mass is 297 g/mol. The largest absolute Gasteiger partial charge is 0.468 e. The minimum absolute atomic E-state index is 0. The van der Waals surface area contributed by atoms with Crippen molar-refractivity contribution in [1.82, 2.24) is 0 Å². The average Bonchev–Trinajstić information content (AvgIpc) is 2.92. The maximum atomic E-state index is 11.2. The summed E-state index contributed by atoms with van der Waals surface area (Å²) >= 11 is 1.67. The number of nitrogens with two attached hydrogens (primary N) is 1. The second-order valence-corrected chi connectivity index (χ2v) is 4.82. The highest BCUT2D eigenvalue weighted by Gasteiger charge is 2.13. The minimum atomic E-state index is -0.595. The molecule has 0 aliphatic carbocycles. The zero-order valence-corrected chi connectivity index (χ0v) is 12.2. The second-order valence-electron chi connectivity index (χ2n) is 4.04. The molecule has 0 amide bonds. The van der Waals surface area contributed by atoms with Crippen LogP contribution >= 0.6 is 23.7 Å². The van der Waals surface area contributed by atoms with Gasteiger partial charge in [0, 0.05) is 0 Å². The van der Waals surface area contributed by atoms with Gasteiger partial charge in [-0.2, -0.15) is 11.3 Å². The number of hydrogen-bond donors (Lipinski definition) is 1. The van der Waals surface area contributed by atoms with Gasteiger partial charge >= 0.3 is 5.97 Å². The van der Waals surface area contributed by atoms with Gasteiger partial charge in [0.1, 0.15) is 6.04 Å². The van der Waals surface area contributed by atoms with Crippen molar-refractivity contribution in [1.29, 1.82) is 0 Å². The molecule has 1 heterocycles. The Kier molecular flexibility index (Phi) is 6.02. The third kappa shape index (κ3) is 4.06. The molecule has 2 N–H and O–H groups in total. The van der Waals surface area contributed by atoms with Gasteiger partial charge in [0.2, 0.25) is 0 Å². The Hall–Kier alpha value is -1.36. The van der Waals surface area contributed by atoms with Crippen LogP contribution in [0.1, 0.15) is 5.56 Å². The molecule has 1 atom stereocenters. The quantitative estimate of drug-likeness (QED) is 0.883. The second kappa shape index (κ2) is 7.28. The van der Waals surface area contributed by atoms with Crippen LogP contribution in [0.25, 0.3) is 11.1 Å². The van der Waals surface area contributed by atoms with Crippen LogP contribution in [-0.2, 0) is 16.0 Å². The van der Waals surface area contributed by atoms with Gasteiger partial charge in [-0.3, -0.25) is 4.79 Å². The predicted molar refractivity (Wildman–Crippen MR) is 80.7 cm³/mol. The Morgan fingerprint density at radius 1 is 1.26 bits per heavy atom. The summed E-state index contributed by atoms with van der Waals surface area (Å²) in [5.74, 6) is -0.378. The molecule has 5 heteroatoms. The Labute approximate surface area is 122 Å². The Morgan fingerprint density at radius 3 is 2.47 bits per heavy atom. The molecule has 0 fully saturated rings. The number of benzene rings is 1. The summed E-state index contributed by atoms with van der Waals surface area (Å²) in [5.41, 5.74) is 9.14. The lowest BCUT2D eigenvalue weighted by atomic mass is 10.0. The number of methoxy groups -OCH3 is 1. The molecular formula is C14H16ClNO2S. The predicted octanol–water partition coefficient (Wildman–Crippen LogP) is 2.88. The lowest BCUT2D eigenvalue weighted by Crippen LogP contribution is -2.33. The first-order valence-electron chi connectivity index (χ1n) is 5.65. The molecule has 0 unspecified atom stereocenters. The maximum absolute atomic E-state index is 11.2. The lowest BCUT2D eigenvalue weighted by molar-refractivity contribution is -0.142. The van der Waals surface area contributed by atoms with Crippen molar-refractivity contribution in [2.75, 3.05) is 7.11 Å². The van der Waals surface area contributed by atoms with Crippen LogP contribution in [0.3, 0.4) is 0 Å². The van der Waals surface area contributed by atoms with Crippen LogP contribution in [0.4, 0.5) is 0 Å². The van der Waals surface area contributed by atoms with Gasteiger partial charge in [-0.05, 0) is 39.9 Å². The molecule has 0 aliphatic heterocycles. The van der Waals surface area contributed by atoms with Crippen molar-refractivity contribution >= 4 is 29.7 Å². The van der Waals surface area contributed by atoms with Crippen molar-refractivity contribution in [2.24, 2.45) is 5.73 Å². The molecular weight excluding hydrogens is 282 g/mol. The van der Waals surface area contributed by atoms with Gasteiger partial charge in [0.15, 0.2) is 0 Å². The smallest absolute Gasteiger partial charge is 0.322 e. The van der Waals surface area contributed by atoms with Crippen LogP contribution in [-0.4, -0.2) is 19.1 Å². The van der Waals surface area contributed by atoms with Gasteiger partial charge in [-0.1, -0.05) is 24.3 Å². The van der Waals surface area contributed by atoms with Crippen molar-refractivity contribution in [3.05, 3.63) is 46.7 Å². The topological polar surface area (TPSA) is 52.3 Å². The molecule has 0 aliphatic rings. The van der Waals surface area contributed by atoms with Crippen LogP contribution in [0.2, 0.25) is 0 Å². The summed E-state index contributed by atoms with van der Waals surface area (Å²) in [5, 5.41) is 4.16. The molecule has 3 nitrogen and oxygen atoms in total. The van der Waals surface area contributed by atoms with Gasteiger partial charge in [0.25, 0.3) is 0 Å². The Morgan fingerprint density at radius 2 is 1.95 bits per heavy atom. The first-order valence-corrected chi connectivity index (χ1v) is 6.60. The zero-order valence-electron chi connectivity index (χ0n) is 10.5. The average molecular weight is 298 g/mol. The number of halogens is 1. The van der Waals surface area contributed by atoms with Crippen molar-refractivity contribution < 1.29 is 9.53 Å². The van der Waals surface area contributed by atoms with E-state index in [2.05, 4.69) is 21.6 Å². The summed E-state index contributed by atoms with van der Waals surface area (Å²) in [6.45, 7) is 0. The normalized spacial score (nSPS) is 11.5. The molecule has 0 saturated carbocycles. The van der Waals surface area contributed by atoms with E-state index in [4.69, 9.17) is 5.73 Å². The van der Waals surface area contributed by atoms with E-state index >= 15 is 0 Å². The van der Waals surface area contributed by atoms with E-state index < -0.39 is 6.04 Å². The maximum Gasteiger partial charge on any atom is 0.322 e. The number of hydrogen-bond acceptors (Lipinski definition) is 4. The highest BCUT2D eigenvalue weighted by molar-refractivity contribution is 7.08. The molecule has 2 rings (SSSR count). The molecule has 2 aromatic rings. The fraction of sp³-hybridized carbons (Fsp3) is 0.214. The third-order valence-electron chi connectivity index (χ3n) is 2.77. The summed E-state index contributed by atoms with van der Waals surface area (Å²) in [6, 6.07) is 9.57. The summed E-state index contributed by atoms with van der Waals surface area (Å²) in [6.07, 6.45) is 0.497. The van der Waals surface area contributed by atoms with E-state index in [0.717, 1.165) is 5.56 Å². The summed E-state index contributed by atoms with van der Waals surface area (Å²) in [7, 11) is 1.35. The molecule has 102 valence electrons. The van der Waals surface area contributed by atoms with Crippen LogP contribution in [0.5, 0.6) is 0 Å². The fourth-order valence-electron chi connectivity index (χ4n) is 1.75. The molecule has 1 aromatic heterocycles. The highest BCUT2D eigenvalue weighted by Crippen LogP contribution is 2.22. The fourth-order valence-corrected chi connectivity index (χ4v) is 2.42. The third-order valence-corrected chi connectivity index (χ3v) is 3.45. The molecule has 0 spiro atoms. The summed E-state index contributed by atoms with van der Waals surface area (Å²) in [4.78, 5) is 11.2. The molecule has 0 radical (unpaired) electrons. The highest BCUT2D eigenvalue weighted by atomic mass is 35.5. The summed E-state index contributed by atoms with van der Waals surface area (Å²) < 4.78 is 4.60. The van der Waals surface area contributed by atoms with Gasteiger partial charge in [0.05, 0.1) is 7.11 Å². The first-order chi connectivity index (χ1) is 8.70. The number of rotatable bonds is 4. The standard InChI is InChI=1S/C14H15NO2S.ClH/c1-17-14(16)13(15)8-10-2-4-11(5-3-10)12-6-7-18-9-12;/h2-7,9,13H,8,15H2,1H3;1H/t13-;/m0./s1. The molecule has 19 heavy (non-hydrogen) atoms. The number of esters is 1. The van der Waals surface area contributed by atoms with Gasteiger partial charge < -0.3 is 10.5 Å². The SMILES string of the molecule is COC(=O)[C@@H](N)Cc1ccc(-c2ccsc2)cc1.Cl. The van der Waals surface area contributed by atoms with E-state index in [9.17, 15) is 4.79 Å². The Bertz CT molecular complexity index is 511. The number of carbonyl (C=O) groups is 1. The molecule has 0 bridgehead atoms. The van der Waals surface area contributed by atoms with E-state index in [0.29, 0.717) is 6.42 Å². The van der Waals surface area contributed by atoms with E-state index in [1.54, 1.807) is 11.3 Å². The Balaban J connectivity index is 0.00000180. The first kappa shape index (κ1) is 15.7. The van der Waals surface area contributed by atoms with Crippen molar-refractivity contribution in [3.63, 3.8) is 0 Å². The van der Waals surface area contributed by atoms with Crippen molar-refractivity contribution in [2.45, 2.75) is 12.5 Å². The molecule has 1 aromatic carbocycles. The lowest BCUT2D eigenvalue weighted by Gasteiger charge is -2.09. The van der Waals surface area contributed by atoms with Crippen LogP contribution in [0, 0.1) is 0 Å². The minimum Gasteiger partial charge on any atom is -0.468 e. The number of ether oxygens (including phenoxy) is 1. The van der Waals surface area contributed by atoms with E-state index in [-0.39, 0.29) is 18.4 Å². The van der Waals surface area contributed by atoms with E-state index in [1.165, 1.54) is 18.2 Å². The number of thiophene rings is 1. The zero-order chi connectivity index (χ0) is 13.0.